The van der Waals surface area contributed by atoms with Gasteiger partial charge in [-0.1, -0.05) is 23.2 Å². The quantitative estimate of drug-likeness (QED) is 0.930. The van der Waals surface area contributed by atoms with E-state index in [9.17, 15) is 9.59 Å². The molecule has 22 heavy (non-hydrogen) atoms. The highest BCUT2D eigenvalue weighted by molar-refractivity contribution is 6.35. The third-order valence-electron chi connectivity index (χ3n) is 2.92. The molecule has 0 aliphatic heterocycles. The lowest BCUT2D eigenvalue weighted by Crippen LogP contribution is -2.36. The second-order valence-corrected chi connectivity index (χ2v) is 5.60. The topological polar surface area (TPSA) is 62.6 Å². The monoisotopic (exact) mass is 340 g/mol. The molecule has 1 N–H and O–H groups in total. The van der Waals surface area contributed by atoms with E-state index in [4.69, 9.17) is 27.6 Å². The molecule has 0 saturated heterocycles. The Balaban J connectivity index is 2.12. The maximum atomic E-state index is 11.9. The number of benzene rings is 1. The Morgan fingerprint density at radius 1 is 1.18 bits per heavy atom. The molecule has 0 radical (unpaired) electrons. The molecule has 2 rings (SSSR count). The minimum Gasteiger partial charge on any atom is -0.451 e. The number of likely N-dealkylation sites (N-methyl/N-ethyl adjacent to an activating group) is 1. The molecule has 0 aliphatic rings. The molecule has 0 unspecified atom stereocenters. The average Bonchev–Trinajstić information content (AvgIpc) is 2.96. The van der Waals surface area contributed by atoms with Crippen molar-refractivity contribution in [2.45, 2.75) is 0 Å². The zero-order chi connectivity index (χ0) is 16.3. The maximum Gasteiger partial charge on any atom is 0.287 e. The van der Waals surface area contributed by atoms with Crippen LogP contribution in [-0.4, -0.2) is 37.4 Å². The van der Waals surface area contributed by atoms with Crippen LogP contribution in [0.5, 0.6) is 0 Å². The standard InChI is InChI=1S/C15H14Cl2N2O3/c1-19(2)14(20)8-18-15(21)13-6-5-12(22-13)10-7-9(16)3-4-11(10)17/h3-7H,8H2,1-2H3,(H,18,21). The van der Waals surface area contributed by atoms with Gasteiger partial charge in [-0.2, -0.15) is 0 Å². The Morgan fingerprint density at radius 2 is 1.91 bits per heavy atom. The summed E-state index contributed by atoms with van der Waals surface area (Å²) in [4.78, 5) is 24.8. The van der Waals surface area contributed by atoms with Crippen molar-refractivity contribution in [3.05, 3.63) is 46.1 Å². The van der Waals surface area contributed by atoms with Crippen LogP contribution >= 0.6 is 23.2 Å². The number of nitrogens with one attached hydrogen (secondary N) is 1. The molecule has 0 atom stereocenters. The molecule has 0 bridgehead atoms. The van der Waals surface area contributed by atoms with Crippen LogP contribution in [0.15, 0.2) is 34.7 Å². The van der Waals surface area contributed by atoms with E-state index < -0.39 is 5.91 Å². The number of furan rings is 1. The summed E-state index contributed by atoms with van der Waals surface area (Å²) in [6.07, 6.45) is 0. The van der Waals surface area contributed by atoms with E-state index in [2.05, 4.69) is 5.32 Å². The second-order valence-electron chi connectivity index (χ2n) is 4.76. The van der Waals surface area contributed by atoms with Crippen molar-refractivity contribution in [2.24, 2.45) is 0 Å². The number of rotatable bonds is 4. The summed E-state index contributed by atoms with van der Waals surface area (Å²) in [7, 11) is 3.22. The van der Waals surface area contributed by atoms with Gasteiger partial charge in [0, 0.05) is 24.7 Å². The maximum absolute atomic E-state index is 11.9. The van der Waals surface area contributed by atoms with Gasteiger partial charge in [-0.3, -0.25) is 9.59 Å². The van der Waals surface area contributed by atoms with E-state index in [0.717, 1.165) is 0 Å². The van der Waals surface area contributed by atoms with E-state index in [1.807, 2.05) is 0 Å². The van der Waals surface area contributed by atoms with Crippen molar-refractivity contribution < 1.29 is 14.0 Å². The largest absolute Gasteiger partial charge is 0.451 e. The fourth-order valence-corrected chi connectivity index (χ4v) is 2.07. The molecule has 7 heteroatoms. The van der Waals surface area contributed by atoms with Gasteiger partial charge in [-0.25, -0.2) is 0 Å². The van der Waals surface area contributed by atoms with Crippen LogP contribution in [-0.2, 0) is 4.79 Å². The van der Waals surface area contributed by atoms with Gasteiger partial charge in [0.25, 0.3) is 5.91 Å². The number of carbonyl (C=O) groups excluding carboxylic acids is 2. The van der Waals surface area contributed by atoms with Crippen LogP contribution in [0.1, 0.15) is 10.6 Å². The SMILES string of the molecule is CN(C)C(=O)CNC(=O)c1ccc(-c2cc(Cl)ccc2Cl)o1. The van der Waals surface area contributed by atoms with Crippen molar-refractivity contribution in [1.82, 2.24) is 10.2 Å². The summed E-state index contributed by atoms with van der Waals surface area (Å²) in [5, 5.41) is 3.47. The van der Waals surface area contributed by atoms with Gasteiger partial charge in [0.05, 0.1) is 11.6 Å². The lowest BCUT2D eigenvalue weighted by molar-refractivity contribution is -0.127. The van der Waals surface area contributed by atoms with Crippen molar-refractivity contribution >= 4 is 35.0 Å². The van der Waals surface area contributed by atoms with Gasteiger partial charge in [0.15, 0.2) is 5.76 Å². The van der Waals surface area contributed by atoms with Gasteiger partial charge in [0.2, 0.25) is 5.91 Å². The minimum absolute atomic E-state index is 0.0950. The summed E-state index contributed by atoms with van der Waals surface area (Å²) in [5.74, 6) is -0.160. The Morgan fingerprint density at radius 3 is 2.59 bits per heavy atom. The summed E-state index contributed by atoms with van der Waals surface area (Å²) in [6.45, 7) is -0.0974. The zero-order valence-corrected chi connectivity index (χ0v) is 13.5. The summed E-state index contributed by atoms with van der Waals surface area (Å²) < 4.78 is 5.48. The molecule has 1 aromatic heterocycles. The molecule has 2 aromatic rings. The van der Waals surface area contributed by atoms with Crippen molar-refractivity contribution in [3.8, 4) is 11.3 Å². The lowest BCUT2D eigenvalue weighted by Gasteiger charge is -2.10. The molecule has 0 saturated carbocycles. The van der Waals surface area contributed by atoms with Crippen LogP contribution in [0.3, 0.4) is 0 Å². The molecular formula is C15H14Cl2N2O3. The van der Waals surface area contributed by atoms with Crippen LogP contribution in [0, 0.1) is 0 Å². The van der Waals surface area contributed by atoms with Crippen molar-refractivity contribution in [2.75, 3.05) is 20.6 Å². The first-order valence-electron chi connectivity index (χ1n) is 6.42. The van der Waals surface area contributed by atoms with Crippen LogP contribution in [0.25, 0.3) is 11.3 Å². The van der Waals surface area contributed by atoms with Gasteiger partial charge >= 0.3 is 0 Å². The molecular weight excluding hydrogens is 327 g/mol. The van der Waals surface area contributed by atoms with Crippen LogP contribution in [0.4, 0.5) is 0 Å². The zero-order valence-electron chi connectivity index (χ0n) is 12.0. The third kappa shape index (κ3) is 3.81. The lowest BCUT2D eigenvalue weighted by atomic mass is 10.2. The van der Waals surface area contributed by atoms with Crippen molar-refractivity contribution in [3.63, 3.8) is 0 Å². The Hall–Kier alpha value is -1.98. The number of amides is 2. The Kier molecular flexibility index (Phi) is 5.11. The first kappa shape index (κ1) is 16.4. The smallest absolute Gasteiger partial charge is 0.287 e. The van der Waals surface area contributed by atoms with E-state index in [1.165, 1.54) is 11.0 Å². The number of hydrogen-bond acceptors (Lipinski definition) is 3. The van der Waals surface area contributed by atoms with Gasteiger partial charge in [-0.05, 0) is 30.3 Å². The molecule has 1 aromatic carbocycles. The minimum atomic E-state index is -0.473. The molecule has 1 heterocycles. The first-order valence-corrected chi connectivity index (χ1v) is 7.17. The number of halogens is 2. The van der Waals surface area contributed by atoms with E-state index in [0.29, 0.717) is 21.4 Å². The Labute approximate surface area is 137 Å². The molecule has 5 nitrogen and oxygen atoms in total. The normalized spacial score (nSPS) is 10.4. The van der Waals surface area contributed by atoms with Crippen LogP contribution in [0.2, 0.25) is 10.0 Å². The summed E-state index contributed by atoms with van der Waals surface area (Å²) in [6, 6.07) is 8.11. The molecule has 0 spiro atoms. The van der Waals surface area contributed by atoms with Crippen LogP contribution < -0.4 is 5.32 Å². The highest BCUT2D eigenvalue weighted by Gasteiger charge is 2.15. The molecule has 116 valence electrons. The highest BCUT2D eigenvalue weighted by Crippen LogP contribution is 2.31. The molecule has 0 aliphatic carbocycles. The predicted octanol–water partition coefficient (Wildman–Crippen LogP) is 3.07. The third-order valence-corrected chi connectivity index (χ3v) is 3.49. The predicted molar refractivity (Wildman–Crippen MR) is 85.2 cm³/mol. The fourth-order valence-electron chi connectivity index (χ4n) is 1.69. The number of hydrogen-bond donors (Lipinski definition) is 1. The molecule has 2 amide bonds. The van der Waals surface area contributed by atoms with E-state index in [-0.39, 0.29) is 18.2 Å². The Bertz CT molecular complexity index is 711. The van der Waals surface area contributed by atoms with Gasteiger partial charge < -0.3 is 14.6 Å². The van der Waals surface area contributed by atoms with E-state index >= 15 is 0 Å². The van der Waals surface area contributed by atoms with E-state index in [1.54, 1.807) is 38.4 Å². The molecule has 0 fully saturated rings. The van der Waals surface area contributed by atoms with Gasteiger partial charge in [0.1, 0.15) is 5.76 Å². The van der Waals surface area contributed by atoms with Crippen molar-refractivity contribution in [1.29, 1.82) is 0 Å². The second kappa shape index (κ2) is 6.85. The first-order chi connectivity index (χ1) is 10.4. The van der Waals surface area contributed by atoms with Gasteiger partial charge in [-0.15, -0.1) is 0 Å². The summed E-state index contributed by atoms with van der Waals surface area (Å²) >= 11 is 12.0. The number of nitrogens with zero attached hydrogens (tertiary/aromatic N) is 1. The summed E-state index contributed by atoms with van der Waals surface area (Å²) in [5.41, 5.74) is 0.595. The fraction of sp³-hybridized carbons (Fsp3) is 0.200. The average molecular weight is 341 g/mol. The number of carbonyl (C=O) groups is 2. The highest BCUT2D eigenvalue weighted by atomic mass is 35.5.